The van der Waals surface area contributed by atoms with Gasteiger partial charge in [0.05, 0.1) is 6.61 Å². The summed E-state index contributed by atoms with van der Waals surface area (Å²) in [5, 5.41) is 2.52. The van der Waals surface area contributed by atoms with Crippen LogP contribution in [0.4, 0.5) is 4.79 Å². The number of hydrogen-bond acceptors (Lipinski definition) is 4. The number of nitrogens with two attached hydrogens (primary N) is 1. The minimum absolute atomic E-state index is 0.121. The summed E-state index contributed by atoms with van der Waals surface area (Å²) in [6.45, 7) is 0.739. The van der Waals surface area contributed by atoms with Gasteiger partial charge in [0.25, 0.3) is 0 Å². The second-order valence-corrected chi connectivity index (χ2v) is 5.51. The summed E-state index contributed by atoms with van der Waals surface area (Å²) >= 11 is 0. The summed E-state index contributed by atoms with van der Waals surface area (Å²) in [6, 6.07) is 13.7. The summed E-state index contributed by atoms with van der Waals surface area (Å²) in [5.74, 6) is 0.152. The molecule has 0 saturated heterocycles. The highest BCUT2D eigenvalue weighted by Gasteiger charge is 2.23. The average Bonchev–Trinajstić information content (AvgIpc) is 3.06. The zero-order chi connectivity index (χ0) is 16.9. The Kier molecular flexibility index (Phi) is 4.65. The fourth-order valence-electron chi connectivity index (χ4n) is 2.59. The number of nitrogens with one attached hydrogen (secondary N) is 1. The number of rotatable bonds is 5. The van der Waals surface area contributed by atoms with Crippen LogP contribution in [0.3, 0.4) is 0 Å². The highest BCUT2D eigenvalue weighted by Crippen LogP contribution is 2.28. The highest BCUT2D eigenvalue weighted by molar-refractivity contribution is 5.85. The Morgan fingerprint density at radius 1 is 1.21 bits per heavy atom. The van der Waals surface area contributed by atoms with Gasteiger partial charge in [0.2, 0.25) is 5.91 Å². The number of ether oxygens (including phenoxy) is 2. The zero-order valence-electron chi connectivity index (χ0n) is 13.0. The summed E-state index contributed by atoms with van der Waals surface area (Å²) in [7, 11) is 0. The third kappa shape index (κ3) is 3.65. The Bertz CT molecular complexity index is 746. The first-order chi connectivity index (χ1) is 11.6. The van der Waals surface area contributed by atoms with E-state index in [-0.39, 0.29) is 6.61 Å². The van der Waals surface area contributed by atoms with Crippen molar-refractivity contribution >= 4 is 12.0 Å². The van der Waals surface area contributed by atoms with E-state index in [0.29, 0.717) is 12.2 Å². The molecule has 3 rings (SSSR count). The van der Waals surface area contributed by atoms with E-state index in [1.165, 1.54) is 0 Å². The van der Waals surface area contributed by atoms with Crippen LogP contribution in [-0.2, 0) is 22.6 Å². The lowest BCUT2D eigenvalue weighted by atomic mass is 10.0. The first-order valence-corrected chi connectivity index (χ1v) is 7.65. The van der Waals surface area contributed by atoms with Crippen molar-refractivity contribution in [3.05, 3.63) is 65.2 Å². The Hall–Kier alpha value is -3.02. The van der Waals surface area contributed by atoms with Crippen molar-refractivity contribution < 1.29 is 19.1 Å². The van der Waals surface area contributed by atoms with Crippen LogP contribution in [0.1, 0.15) is 22.7 Å². The molecule has 0 saturated carbocycles. The molecular weight excluding hydrogens is 308 g/mol. The number of primary amides is 1. The number of fused-ring (bicyclic) bond motifs is 1. The topological polar surface area (TPSA) is 90.7 Å². The van der Waals surface area contributed by atoms with Gasteiger partial charge in [-0.2, -0.15) is 0 Å². The van der Waals surface area contributed by atoms with Crippen molar-refractivity contribution in [3.8, 4) is 5.75 Å². The van der Waals surface area contributed by atoms with E-state index in [4.69, 9.17) is 15.2 Å². The van der Waals surface area contributed by atoms with Gasteiger partial charge >= 0.3 is 6.09 Å². The maximum atomic E-state index is 12.0. The molecule has 0 aromatic heterocycles. The van der Waals surface area contributed by atoms with Crippen LogP contribution in [0.2, 0.25) is 0 Å². The van der Waals surface area contributed by atoms with E-state index in [0.717, 1.165) is 23.3 Å². The molecule has 0 fully saturated rings. The minimum atomic E-state index is -0.945. The molecule has 0 bridgehead atoms. The third-order valence-corrected chi connectivity index (χ3v) is 3.81. The molecule has 1 unspecified atom stereocenters. The molecule has 1 aliphatic rings. The van der Waals surface area contributed by atoms with Gasteiger partial charge in [0.15, 0.2) is 0 Å². The number of carbonyl (C=O) groups excluding carboxylic acids is 2. The summed E-state index contributed by atoms with van der Waals surface area (Å²) in [4.78, 5) is 23.7. The fraction of sp³-hybridized carbons (Fsp3) is 0.222. The lowest BCUT2D eigenvalue weighted by Gasteiger charge is -2.16. The lowest BCUT2D eigenvalue weighted by molar-refractivity contribution is -0.120. The van der Waals surface area contributed by atoms with Gasteiger partial charge in [-0.1, -0.05) is 36.4 Å². The molecule has 6 nitrogen and oxygen atoms in total. The molecule has 1 aliphatic heterocycles. The van der Waals surface area contributed by atoms with E-state index >= 15 is 0 Å². The Labute approximate surface area is 139 Å². The van der Waals surface area contributed by atoms with Gasteiger partial charge in [-0.05, 0) is 28.8 Å². The molecule has 6 heteroatoms. The second-order valence-electron chi connectivity index (χ2n) is 5.51. The molecular formula is C18H18N2O4. The smallest absolute Gasteiger partial charge is 0.408 e. The van der Waals surface area contributed by atoms with Crippen LogP contribution in [0.15, 0.2) is 48.5 Å². The standard InChI is InChI=1S/C18H18N2O4/c19-17(21)16(14-6-7-15-13(10-14)8-9-23-15)20-18(22)24-11-12-4-2-1-3-5-12/h1-7,10,16H,8-9,11H2,(H2,19,21)(H,20,22). The number of amides is 2. The SMILES string of the molecule is NC(=O)C(NC(=O)OCc1ccccc1)c1ccc2c(c1)CCO2. The number of hydrogen-bond donors (Lipinski definition) is 2. The molecule has 1 heterocycles. The van der Waals surface area contributed by atoms with Gasteiger partial charge < -0.3 is 20.5 Å². The van der Waals surface area contributed by atoms with Crippen molar-refractivity contribution in [2.45, 2.75) is 19.1 Å². The Morgan fingerprint density at radius 2 is 2.00 bits per heavy atom. The number of carbonyl (C=O) groups is 2. The fourth-order valence-corrected chi connectivity index (χ4v) is 2.59. The summed E-state index contributed by atoms with van der Waals surface area (Å²) < 4.78 is 10.6. The molecule has 1 atom stereocenters. The maximum Gasteiger partial charge on any atom is 0.408 e. The van der Waals surface area contributed by atoms with Crippen LogP contribution in [-0.4, -0.2) is 18.6 Å². The zero-order valence-corrected chi connectivity index (χ0v) is 13.0. The monoisotopic (exact) mass is 326 g/mol. The normalized spacial score (nSPS) is 13.5. The molecule has 2 amide bonds. The van der Waals surface area contributed by atoms with Gasteiger partial charge in [0.1, 0.15) is 18.4 Å². The van der Waals surface area contributed by atoms with Crippen molar-refractivity contribution in [3.63, 3.8) is 0 Å². The Morgan fingerprint density at radius 3 is 2.75 bits per heavy atom. The number of alkyl carbamates (subject to hydrolysis) is 1. The molecule has 2 aromatic rings. The van der Waals surface area contributed by atoms with Crippen molar-refractivity contribution in [2.24, 2.45) is 5.73 Å². The predicted molar refractivity (Wildman–Crippen MR) is 87.3 cm³/mol. The largest absolute Gasteiger partial charge is 0.493 e. The van der Waals surface area contributed by atoms with Crippen LogP contribution in [0.25, 0.3) is 0 Å². The highest BCUT2D eigenvalue weighted by atomic mass is 16.5. The van der Waals surface area contributed by atoms with Gasteiger partial charge in [-0.3, -0.25) is 4.79 Å². The second kappa shape index (κ2) is 7.04. The predicted octanol–water partition coefficient (Wildman–Crippen LogP) is 2.07. The maximum absolute atomic E-state index is 12.0. The van der Waals surface area contributed by atoms with Crippen LogP contribution >= 0.6 is 0 Å². The minimum Gasteiger partial charge on any atom is -0.493 e. The number of benzene rings is 2. The molecule has 24 heavy (non-hydrogen) atoms. The van der Waals surface area contributed by atoms with Gasteiger partial charge in [0, 0.05) is 6.42 Å². The summed E-state index contributed by atoms with van der Waals surface area (Å²) in [6.07, 6.45) is 0.0759. The van der Waals surface area contributed by atoms with E-state index in [9.17, 15) is 9.59 Å². The lowest BCUT2D eigenvalue weighted by Crippen LogP contribution is -2.37. The molecule has 2 aromatic carbocycles. The average molecular weight is 326 g/mol. The first-order valence-electron chi connectivity index (χ1n) is 7.65. The molecule has 0 aliphatic carbocycles. The van der Waals surface area contributed by atoms with Crippen molar-refractivity contribution in [1.82, 2.24) is 5.32 Å². The quantitative estimate of drug-likeness (QED) is 0.880. The van der Waals surface area contributed by atoms with Gasteiger partial charge in [-0.15, -0.1) is 0 Å². The van der Waals surface area contributed by atoms with Crippen LogP contribution in [0.5, 0.6) is 5.75 Å². The Balaban J connectivity index is 1.65. The first kappa shape index (κ1) is 15.9. The van der Waals surface area contributed by atoms with Crippen LogP contribution < -0.4 is 15.8 Å². The van der Waals surface area contributed by atoms with E-state index in [1.54, 1.807) is 12.1 Å². The molecule has 3 N–H and O–H groups in total. The van der Waals surface area contributed by atoms with Gasteiger partial charge in [-0.25, -0.2) is 4.79 Å². The van der Waals surface area contributed by atoms with E-state index < -0.39 is 18.0 Å². The molecule has 0 spiro atoms. The summed E-state index contributed by atoms with van der Waals surface area (Å²) in [5.41, 5.74) is 7.90. The van der Waals surface area contributed by atoms with Crippen molar-refractivity contribution in [2.75, 3.05) is 6.61 Å². The molecule has 0 radical (unpaired) electrons. The van der Waals surface area contributed by atoms with E-state index in [1.807, 2.05) is 36.4 Å². The third-order valence-electron chi connectivity index (χ3n) is 3.81. The van der Waals surface area contributed by atoms with E-state index in [2.05, 4.69) is 5.32 Å². The molecule has 124 valence electrons. The van der Waals surface area contributed by atoms with Crippen LogP contribution in [0, 0.1) is 0 Å². The van der Waals surface area contributed by atoms with Crippen molar-refractivity contribution in [1.29, 1.82) is 0 Å².